The topological polar surface area (TPSA) is 78.9 Å². The van der Waals surface area contributed by atoms with Crippen molar-refractivity contribution >= 4 is 17.9 Å². The molecule has 1 atom stereocenters. The molecule has 0 radical (unpaired) electrons. The molecule has 0 aliphatic rings. The van der Waals surface area contributed by atoms with Crippen LogP contribution < -0.4 is 0 Å². The third-order valence-electron chi connectivity index (χ3n) is 16.0. The summed E-state index contributed by atoms with van der Waals surface area (Å²) in [6.07, 6.45) is 78.2. The fraction of sp³-hybridized carbons (Fsp3) is 0.929. The molecule has 0 heterocycles. The van der Waals surface area contributed by atoms with E-state index in [9.17, 15) is 14.4 Å². The van der Waals surface area contributed by atoms with Crippen LogP contribution in [0.25, 0.3) is 0 Å². The molecule has 6 nitrogen and oxygen atoms in total. The molecule has 0 bridgehead atoms. The van der Waals surface area contributed by atoms with Gasteiger partial charge in [-0.05, 0) is 44.9 Å². The van der Waals surface area contributed by atoms with Gasteiger partial charge in [-0.1, -0.05) is 348 Å². The van der Waals surface area contributed by atoms with Crippen molar-refractivity contribution < 1.29 is 28.6 Å². The Hall–Kier alpha value is -1.85. The molecule has 0 aromatic rings. The molecule has 0 aliphatic heterocycles. The van der Waals surface area contributed by atoms with E-state index in [-0.39, 0.29) is 31.1 Å². The predicted octanol–water partition coefficient (Wildman–Crippen LogP) is 23.6. The number of rotatable bonds is 65. The summed E-state index contributed by atoms with van der Waals surface area (Å²) in [7, 11) is 0. The van der Waals surface area contributed by atoms with Crippen LogP contribution in [0.5, 0.6) is 0 Å². The van der Waals surface area contributed by atoms with Gasteiger partial charge in [-0.15, -0.1) is 0 Å². The van der Waals surface area contributed by atoms with Gasteiger partial charge in [0.05, 0.1) is 0 Å². The number of carbonyl (C=O) groups excluding carboxylic acids is 3. The molecule has 0 aromatic carbocycles. The number of hydrogen-bond donors (Lipinski definition) is 0. The van der Waals surface area contributed by atoms with E-state index in [1.807, 2.05) is 0 Å². The minimum Gasteiger partial charge on any atom is -0.462 e. The average Bonchev–Trinajstić information content (AvgIpc) is 3.42. The van der Waals surface area contributed by atoms with Gasteiger partial charge in [0.2, 0.25) is 0 Å². The van der Waals surface area contributed by atoms with Gasteiger partial charge in [0, 0.05) is 19.3 Å². The van der Waals surface area contributed by atoms with E-state index in [2.05, 4.69) is 32.9 Å². The number of allylic oxidation sites excluding steroid dienone is 2. The first-order valence-corrected chi connectivity index (χ1v) is 34.7. The van der Waals surface area contributed by atoms with Gasteiger partial charge in [0.1, 0.15) is 13.2 Å². The standard InChI is InChI=1S/C70H134O6/c1-4-7-10-13-16-19-22-25-27-28-29-30-31-32-33-34-35-36-37-38-39-40-41-43-45-48-51-54-57-60-63-69(72)75-66-67(65-74-68(71)62-59-56-53-50-47-44-24-21-18-15-12-9-6-3)76-70(73)64-61-58-55-52-49-46-42-26-23-20-17-14-11-8-5-2/h26,42,67H,4-25,27-41,43-66H2,1-3H3/b42-26-. The summed E-state index contributed by atoms with van der Waals surface area (Å²) in [4.78, 5) is 38.3. The Labute approximate surface area is 475 Å². The molecule has 0 aliphatic carbocycles. The molecular weight excluding hydrogens is 937 g/mol. The molecule has 0 N–H and O–H groups in total. The number of ether oxygens (including phenoxy) is 3. The Morgan fingerprint density at radius 3 is 0.658 bits per heavy atom. The molecule has 0 aromatic heterocycles. The van der Waals surface area contributed by atoms with Crippen LogP contribution in [0.2, 0.25) is 0 Å². The third-order valence-corrected chi connectivity index (χ3v) is 16.0. The zero-order valence-electron chi connectivity index (χ0n) is 51.8. The number of esters is 3. The molecule has 1 unspecified atom stereocenters. The minimum atomic E-state index is -0.770. The highest BCUT2D eigenvalue weighted by molar-refractivity contribution is 5.71. The van der Waals surface area contributed by atoms with Crippen molar-refractivity contribution in [2.75, 3.05) is 13.2 Å². The molecular formula is C70H134O6. The molecule has 0 saturated carbocycles. The van der Waals surface area contributed by atoms with Gasteiger partial charge in [-0.25, -0.2) is 0 Å². The zero-order valence-corrected chi connectivity index (χ0v) is 51.8. The van der Waals surface area contributed by atoms with Crippen molar-refractivity contribution in [3.8, 4) is 0 Å². The van der Waals surface area contributed by atoms with Crippen molar-refractivity contribution in [3.63, 3.8) is 0 Å². The highest BCUT2D eigenvalue weighted by Crippen LogP contribution is 2.19. The highest BCUT2D eigenvalue weighted by Gasteiger charge is 2.19. The average molecular weight is 1070 g/mol. The second kappa shape index (κ2) is 65.7. The first kappa shape index (κ1) is 74.2. The normalized spacial score (nSPS) is 12.0. The van der Waals surface area contributed by atoms with Crippen molar-refractivity contribution in [1.82, 2.24) is 0 Å². The number of hydrogen-bond acceptors (Lipinski definition) is 6. The van der Waals surface area contributed by atoms with Crippen molar-refractivity contribution in [3.05, 3.63) is 12.2 Å². The quantitative estimate of drug-likeness (QED) is 0.0261. The van der Waals surface area contributed by atoms with E-state index in [1.165, 1.54) is 295 Å². The van der Waals surface area contributed by atoms with E-state index < -0.39 is 6.10 Å². The fourth-order valence-corrected chi connectivity index (χ4v) is 10.8. The Kier molecular flexibility index (Phi) is 64.1. The molecule has 6 heteroatoms. The lowest BCUT2D eigenvalue weighted by Crippen LogP contribution is -2.30. The first-order chi connectivity index (χ1) is 37.5. The van der Waals surface area contributed by atoms with Crippen LogP contribution in [0.3, 0.4) is 0 Å². The van der Waals surface area contributed by atoms with Crippen molar-refractivity contribution in [1.29, 1.82) is 0 Å². The zero-order chi connectivity index (χ0) is 55.0. The SMILES string of the molecule is CCCCCCCC/C=C\CCCCCCCC(=O)OC(COC(=O)CCCCCCCCCCCCCCC)COC(=O)CCCCCCCCCCCCCCCCCCCCCCCCCCCCCCCC. The van der Waals surface area contributed by atoms with Gasteiger partial charge in [0.15, 0.2) is 6.10 Å². The van der Waals surface area contributed by atoms with Gasteiger partial charge in [-0.2, -0.15) is 0 Å². The molecule has 450 valence electrons. The van der Waals surface area contributed by atoms with Gasteiger partial charge >= 0.3 is 17.9 Å². The lowest BCUT2D eigenvalue weighted by Gasteiger charge is -2.18. The van der Waals surface area contributed by atoms with E-state index in [4.69, 9.17) is 14.2 Å². The van der Waals surface area contributed by atoms with Crippen LogP contribution >= 0.6 is 0 Å². The van der Waals surface area contributed by atoms with E-state index in [0.717, 1.165) is 64.2 Å². The van der Waals surface area contributed by atoms with E-state index in [1.54, 1.807) is 0 Å². The summed E-state index contributed by atoms with van der Waals surface area (Å²) in [5.74, 6) is -0.844. The lowest BCUT2D eigenvalue weighted by molar-refractivity contribution is -0.167. The molecule has 0 fully saturated rings. The second-order valence-corrected chi connectivity index (χ2v) is 23.8. The number of carbonyl (C=O) groups is 3. The smallest absolute Gasteiger partial charge is 0.306 e. The van der Waals surface area contributed by atoms with Crippen molar-refractivity contribution in [2.24, 2.45) is 0 Å². The molecule has 0 spiro atoms. The van der Waals surface area contributed by atoms with Crippen LogP contribution in [0, 0.1) is 0 Å². The molecule has 76 heavy (non-hydrogen) atoms. The maximum absolute atomic E-state index is 12.9. The largest absolute Gasteiger partial charge is 0.462 e. The summed E-state index contributed by atoms with van der Waals surface area (Å²) in [5, 5.41) is 0. The van der Waals surface area contributed by atoms with Crippen molar-refractivity contribution in [2.45, 2.75) is 406 Å². The maximum atomic E-state index is 12.9. The monoisotopic (exact) mass is 1070 g/mol. The fourth-order valence-electron chi connectivity index (χ4n) is 10.8. The summed E-state index contributed by atoms with van der Waals surface area (Å²) in [6, 6.07) is 0. The molecule has 0 rings (SSSR count). The van der Waals surface area contributed by atoms with Crippen LogP contribution in [-0.2, 0) is 28.6 Å². The summed E-state index contributed by atoms with van der Waals surface area (Å²) < 4.78 is 16.9. The predicted molar refractivity (Wildman–Crippen MR) is 330 cm³/mol. The summed E-state index contributed by atoms with van der Waals surface area (Å²) in [5.41, 5.74) is 0. The van der Waals surface area contributed by atoms with Crippen LogP contribution in [0.1, 0.15) is 400 Å². The van der Waals surface area contributed by atoms with Gasteiger partial charge < -0.3 is 14.2 Å². The van der Waals surface area contributed by atoms with E-state index >= 15 is 0 Å². The third kappa shape index (κ3) is 63.0. The highest BCUT2D eigenvalue weighted by atomic mass is 16.6. The lowest BCUT2D eigenvalue weighted by atomic mass is 10.0. The maximum Gasteiger partial charge on any atom is 0.306 e. The molecule has 0 amide bonds. The Morgan fingerprint density at radius 1 is 0.250 bits per heavy atom. The Morgan fingerprint density at radius 2 is 0.434 bits per heavy atom. The minimum absolute atomic E-state index is 0.0669. The molecule has 0 saturated heterocycles. The second-order valence-electron chi connectivity index (χ2n) is 23.8. The number of unbranched alkanes of at least 4 members (excludes halogenated alkanes) is 52. The van der Waals surface area contributed by atoms with Gasteiger partial charge in [-0.3, -0.25) is 14.4 Å². The Bertz CT molecular complexity index is 1180. The summed E-state index contributed by atoms with van der Waals surface area (Å²) >= 11 is 0. The van der Waals surface area contributed by atoms with Crippen LogP contribution in [0.4, 0.5) is 0 Å². The first-order valence-electron chi connectivity index (χ1n) is 34.7. The summed E-state index contributed by atoms with van der Waals surface area (Å²) in [6.45, 7) is 6.70. The Balaban J connectivity index is 4.10. The van der Waals surface area contributed by atoms with E-state index in [0.29, 0.717) is 19.3 Å². The van der Waals surface area contributed by atoms with Crippen LogP contribution in [-0.4, -0.2) is 37.2 Å². The van der Waals surface area contributed by atoms with Gasteiger partial charge in [0.25, 0.3) is 0 Å². The van der Waals surface area contributed by atoms with Crippen LogP contribution in [0.15, 0.2) is 12.2 Å².